The fourth-order valence-electron chi connectivity index (χ4n) is 6.72. The van der Waals surface area contributed by atoms with Gasteiger partial charge in [-0.2, -0.15) is 0 Å². The Hall–Kier alpha value is -2.72. The van der Waals surface area contributed by atoms with Crippen LogP contribution in [0.3, 0.4) is 0 Å². The molecule has 2 heterocycles. The average molecular weight is 568 g/mol. The molecule has 0 radical (unpaired) electrons. The Bertz CT molecular complexity index is 1580. The Labute approximate surface area is 224 Å². The van der Waals surface area contributed by atoms with E-state index in [0.717, 1.165) is 26.2 Å². The van der Waals surface area contributed by atoms with Gasteiger partial charge < -0.3 is 0 Å². The second-order valence-corrected chi connectivity index (χ2v) is 18.9. The van der Waals surface area contributed by atoms with Gasteiger partial charge in [0, 0.05) is 0 Å². The van der Waals surface area contributed by atoms with Gasteiger partial charge in [0.05, 0.1) is 0 Å². The summed E-state index contributed by atoms with van der Waals surface area (Å²) in [5.41, 5.74) is 5.05. The van der Waals surface area contributed by atoms with Crippen LogP contribution in [0.25, 0.3) is 43.6 Å². The van der Waals surface area contributed by atoms with Gasteiger partial charge in [0.2, 0.25) is 0 Å². The predicted molar refractivity (Wildman–Crippen MR) is 157 cm³/mol. The van der Waals surface area contributed by atoms with Crippen molar-refractivity contribution < 1.29 is 20.8 Å². The van der Waals surface area contributed by atoms with Crippen LogP contribution in [0.1, 0.15) is 27.7 Å². The number of hydrogen-bond acceptors (Lipinski definition) is 2. The zero-order valence-corrected chi connectivity index (χ0v) is 24.8. The van der Waals surface area contributed by atoms with Gasteiger partial charge in [0.25, 0.3) is 0 Å². The molecule has 2 aromatic heterocycles. The Morgan fingerprint density at radius 2 is 0.865 bits per heavy atom. The van der Waals surface area contributed by atoms with E-state index in [1.807, 2.05) is 0 Å². The van der Waals surface area contributed by atoms with Gasteiger partial charge in [0.1, 0.15) is 0 Å². The molecular weight excluding hydrogens is 532 g/mol. The van der Waals surface area contributed by atoms with E-state index < -0.39 is 20.8 Å². The number of hydrogen-bond donors (Lipinski definition) is 2. The molecule has 6 aromatic rings. The van der Waals surface area contributed by atoms with Crippen LogP contribution >= 0.6 is 0 Å². The number of fused-ring (bicyclic) bond motifs is 6. The molecule has 4 aromatic carbocycles. The minimum atomic E-state index is -3.78. The summed E-state index contributed by atoms with van der Waals surface area (Å²) >= 11 is -3.78. The van der Waals surface area contributed by atoms with E-state index in [1.54, 1.807) is 0 Å². The van der Waals surface area contributed by atoms with Crippen LogP contribution in [0.5, 0.6) is 0 Å². The van der Waals surface area contributed by atoms with Gasteiger partial charge in [-0.25, -0.2) is 0 Å². The summed E-state index contributed by atoms with van der Waals surface area (Å²) in [4.78, 5) is 7.78. The molecule has 0 fully saturated rings. The summed E-state index contributed by atoms with van der Waals surface area (Å²) in [6.07, 6.45) is 0. The molecule has 0 atom stereocenters. The summed E-state index contributed by atoms with van der Waals surface area (Å²) in [6.45, 7) is 13.5. The van der Waals surface area contributed by atoms with Crippen LogP contribution in [0, 0.1) is 0 Å². The first kappa shape index (κ1) is 24.6. The van der Waals surface area contributed by atoms with Crippen LogP contribution in [-0.2, 0) is 20.8 Å². The molecule has 5 heteroatoms. The zero-order chi connectivity index (χ0) is 25.6. The van der Waals surface area contributed by atoms with Crippen molar-refractivity contribution in [2.45, 2.75) is 27.7 Å². The Balaban J connectivity index is 1.81. The van der Waals surface area contributed by atoms with Crippen molar-refractivity contribution in [3.05, 3.63) is 84.9 Å². The van der Waals surface area contributed by atoms with Gasteiger partial charge >= 0.3 is 225 Å². The topological polar surface area (TPSA) is 38.1 Å². The molecule has 0 saturated heterocycles. The summed E-state index contributed by atoms with van der Waals surface area (Å²) < 4.78 is 8.73. The van der Waals surface area contributed by atoms with Crippen LogP contribution in [0.15, 0.2) is 84.9 Å². The van der Waals surface area contributed by atoms with Crippen molar-refractivity contribution in [1.82, 2.24) is 15.7 Å². The molecule has 0 aliphatic rings. The second-order valence-electron chi connectivity index (χ2n) is 9.81. The number of aromatic nitrogens is 2. The predicted octanol–water partition coefficient (Wildman–Crippen LogP) is 6.57. The summed E-state index contributed by atoms with van der Waals surface area (Å²) in [5.74, 6) is 0. The summed E-state index contributed by atoms with van der Waals surface area (Å²) in [6, 6.07) is 31.5. The maximum absolute atomic E-state index is 3.89. The number of aromatic amines is 2. The van der Waals surface area contributed by atoms with Crippen LogP contribution in [0.2, 0.25) is 0 Å². The SMILES string of the molecule is CC[N](CC)[Zr]([c]1cccc2c1[nH]c1ccccc12)([c]1cccc2c1[nH]c1ccccc12)[N](CC)CC. The molecule has 0 amide bonds. The molecule has 6 rings (SSSR count). The summed E-state index contributed by atoms with van der Waals surface area (Å²) in [7, 11) is 0. The van der Waals surface area contributed by atoms with E-state index in [9.17, 15) is 0 Å². The van der Waals surface area contributed by atoms with Gasteiger partial charge in [0.15, 0.2) is 0 Å². The zero-order valence-electron chi connectivity index (χ0n) is 22.3. The monoisotopic (exact) mass is 566 g/mol. The molecule has 0 spiro atoms. The molecule has 0 unspecified atom stereocenters. The fourth-order valence-corrected chi connectivity index (χ4v) is 20.6. The number of rotatable bonds is 8. The maximum atomic E-state index is 3.89. The second kappa shape index (κ2) is 9.87. The van der Waals surface area contributed by atoms with E-state index in [1.165, 1.54) is 50.2 Å². The van der Waals surface area contributed by atoms with Crippen molar-refractivity contribution in [1.29, 1.82) is 0 Å². The molecule has 0 bridgehead atoms. The number of benzene rings is 4. The molecule has 0 aliphatic heterocycles. The van der Waals surface area contributed by atoms with E-state index in [0.29, 0.717) is 0 Å². The van der Waals surface area contributed by atoms with Crippen LogP contribution in [0.4, 0.5) is 0 Å². The third kappa shape index (κ3) is 3.59. The third-order valence-corrected chi connectivity index (χ3v) is 21.6. The van der Waals surface area contributed by atoms with Crippen molar-refractivity contribution in [2.75, 3.05) is 26.2 Å². The van der Waals surface area contributed by atoms with E-state index in [4.69, 9.17) is 0 Å². The van der Waals surface area contributed by atoms with E-state index in [2.05, 4.69) is 128 Å². The van der Waals surface area contributed by atoms with Gasteiger partial charge in [-0.15, -0.1) is 0 Å². The van der Waals surface area contributed by atoms with Gasteiger partial charge in [-0.3, -0.25) is 0 Å². The number of H-pyrrole nitrogens is 2. The molecular formula is C32H36N4Zr. The van der Waals surface area contributed by atoms with E-state index in [-0.39, 0.29) is 0 Å². The van der Waals surface area contributed by atoms with Gasteiger partial charge in [-0.05, 0) is 0 Å². The first-order chi connectivity index (χ1) is 18.2. The van der Waals surface area contributed by atoms with Crippen molar-refractivity contribution in [2.24, 2.45) is 0 Å². The molecule has 188 valence electrons. The quantitative estimate of drug-likeness (QED) is 0.218. The number of nitrogens with zero attached hydrogens (tertiary/aromatic N) is 2. The van der Waals surface area contributed by atoms with E-state index >= 15 is 0 Å². The summed E-state index contributed by atoms with van der Waals surface area (Å²) in [5, 5.41) is 5.28. The van der Waals surface area contributed by atoms with Crippen LogP contribution in [-0.4, -0.2) is 41.8 Å². The molecule has 37 heavy (non-hydrogen) atoms. The third-order valence-electron chi connectivity index (χ3n) is 8.28. The van der Waals surface area contributed by atoms with Crippen molar-refractivity contribution in [3.8, 4) is 0 Å². The average Bonchev–Trinajstić information content (AvgIpc) is 3.52. The van der Waals surface area contributed by atoms with Crippen LogP contribution < -0.4 is 6.54 Å². The number of nitrogens with one attached hydrogen (secondary N) is 2. The Morgan fingerprint density at radius 3 is 1.27 bits per heavy atom. The molecule has 4 nitrogen and oxygen atoms in total. The molecule has 2 N–H and O–H groups in total. The molecule has 0 aliphatic carbocycles. The normalized spacial score (nSPS) is 12.7. The molecule has 0 saturated carbocycles. The van der Waals surface area contributed by atoms with Crippen molar-refractivity contribution in [3.63, 3.8) is 0 Å². The van der Waals surface area contributed by atoms with Crippen molar-refractivity contribution >= 4 is 50.2 Å². The minimum absolute atomic E-state index is 1.02. The first-order valence-corrected chi connectivity index (χ1v) is 18.3. The Kier molecular flexibility index (Phi) is 6.56. The fraction of sp³-hybridized carbons (Fsp3) is 0.250. The standard InChI is InChI=1S/2C12H8N.2C4H10N.Zr/c2*1-3-7-11-9(5-1)10-6-2-4-8-12(10)13-11;2*1-3-5-4-2;/h2*1-7,13H;2*3-4H2,1-2H3;/q;;2*-1;+2. The number of para-hydroxylation sites is 4. The Morgan fingerprint density at radius 1 is 0.486 bits per heavy atom. The van der Waals surface area contributed by atoms with Gasteiger partial charge in [-0.1, -0.05) is 0 Å². The first-order valence-electron chi connectivity index (χ1n) is 13.7.